The number of carbonyl (C=O) groups is 2. The van der Waals surface area contributed by atoms with Gasteiger partial charge < -0.3 is 9.47 Å². The molecule has 0 spiro atoms. The second-order valence-corrected chi connectivity index (χ2v) is 9.69. The van der Waals surface area contributed by atoms with Crippen LogP contribution >= 0.6 is 0 Å². The van der Waals surface area contributed by atoms with Crippen LogP contribution in [0.15, 0.2) is 35.4 Å². The van der Waals surface area contributed by atoms with Crippen molar-refractivity contribution in [2.24, 2.45) is 0 Å². The lowest BCUT2D eigenvalue weighted by Gasteiger charge is -2.22. The van der Waals surface area contributed by atoms with Gasteiger partial charge in [0.15, 0.2) is 11.6 Å². The molecule has 2 saturated heterocycles. The molecule has 150 valence electrons. The third kappa shape index (κ3) is 3.51. The van der Waals surface area contributed by atoms with Crippen molar-refractivity contribution in [3.63, 3.8) is 0 Å². The number of ether oxygens (including phenoxy) is 2. The standard InChI is InChI=1S/C24H30O4/c1-21(2)17(19(25)23(5,6)27-21)13-15-9-11-16(12-10-15)14-18-20(26)24(7,8)28-22(18,3)4/h9-14H,1-8H3. The molecule has 0 aromatic heterocycles. The molecule has 0 bridgehead atoms. The maximum Gasteiger partial charge on any atom is 0.192 e. The van der Waals surface area contributed by atoms with Crippen LogP contribution in [0, 0.1) is 0 Å². The Kier molecular flexibility index (Phi) is 4.60. The minimum Gasteiger partial charge on any atom is -0.357 e. The molecule has 28 heavy (non-hydrogen) atoms. The predicted octanol–water partition coefficient (Wildman–Crippen LogP) is 4.77. The molecule has 0 N–H and O–H groups in total. The predicted molar refractivity (Wildman–Crippen MR) is 111 cm³/mol. The highest BCUT2D eigenvalue weighted by atomic mass is 16.5. The summed E-state index contributed by atoms with van der Waals surface area (Å²) in [4.78, 5) is 25.3. The lowest BCUT2D eigenvalue weighted by molar-refractivity contribution is -0.132. The summed E-state index contributed by atoms with van der Waals surface area (Å²) in [5, 5.41) is 0. The number of hydrogen-bond donors (Lipinski definition) is 0. The van der Waals surface area contributed by atoms with E-state index in [-0.39, 0.29) is 11.6 Å². The zero-order chi connectivity index (χ0) is 21.1. The lowest BCUT2D eigenvalue weighted by atomic mass is 9.89. The van der Waals surface area contributed by atoms with E-state index in [0.29, 0.717) is 11.1 Å². The van der Waals surface area contributed by atoms with Crippen molar-refractivity contribution in [2.75, 3.05) is 0 Å². The summed E-state index contributed by atoms with van der Waals surface area (Å²) in [6.45, 7) is 14.9. The van der Waals surface area contributed by atoms with Gasteiger partial charge in [-0.25, -0.2) is 0 Å². The molecule has 0 unspecified atom stereocenters. The summed E-state index contributed by atoms with van der Waals surface area (Å²) in [5.74, 6) is 0.0303. The van der Waals surface area contributed by atoms with Crippen molar-refractivity contribution in [2.45, 2.75) is 77.8 Å². The molecule has 4 nitrogen and oxygen atoms in total. The number of benzene rings is 1. The highest BCUT2D eigenvalue weighted by molar-refractivity contribution is 6.09. The Labute approximate surface area is 167 Å². The van der Waals surface area contributed by atoms with E-state index >= 15 is 0 Å². The summed E-state index contributed by atoms with van der Waals surface area (Å²) >= 11 is 0. The van der Waals surface area contributed by atoms with Crippen LogP contribution in [0.1, 0.15) is 66.5 Å². The summed E-state index contributed by atoms with van der Waals surface area (Å²) in [7, 11) is 0. The van der Waals surface area contributed by atoms with Crippen LogP contribution in [-0.4, -0.2) is 34.0 Å². The maximum absolute atomic E-state index is 12.7. The van der Waals surface area contributed by atoms with E-state index in [1.54, 1.807) is 27.7 Å². The third-order valence-electron chi connectivity index (χ3n) is 5.46. The molecule has 2 aliphatic heterocycles. The molecule has 3 rings (SSSR count). The zero-order valence-electron chi connectivity index (χ0n) is 18.1. The monoisotopic (exact) mass is 382 g/mol. The van der Waals surface area contributed by atoms with Gasteiger partial charge in [-0.15, -0.1) is 0 Å². The third-order valence-corrected chi connectivity index (χ3v) is 5.46. The largest absolute Gasteiger partial charge is 0.357 e. The Bertz CT molecular complexity index is 818. The molecule has 0 aliphatic carbocycles. The Balaban J connectivity index is 1.91. The minimum absolute atomic E-state index is 0.0152. The van der Waals surface area contributed by atoms with Crippen molar-refractivity contribution in [1.29, 1.82) is 0 Å². The van der Waals surface area contributed by atoms with Gasteiger partial charge in [-0.05, 0) is 78.7 Å². The van der Waals surface area contributed by atoms with E-state index in [9.17, 15) is 9.59 Å². The first-order valence-electron chi connectivity index (χ1n) is 9.70. The van der Waals surface area contributed by atoms with Crippen molar-refractivity contribution in [1.82, 2.24) is 0 Å². The second kappa shape index (κ2) is 6.23. The lowest BCUT2D eigenvalue weighted by Crippen LogP contribution is -2.29. The first-order chi connectivity index (χ1) is 12.7. The number of hydrogen-bond acceptors (Lipinski definition) is 4. The molecule has 0 radical (unpaired) electrons. The van der Waals surface area contributed by atoms with Crippen molar-refractivity contribution < 1.29 is 19.1 Å². The average molecular weight is 383 g/mol. The van der Waals surface area contributed by atoms with E-state index < -0.39 is 22.4 Å². The summed E-state index contributed by atoms with van der Waals surface area (Å²) < 4.78 is 11.8. The van der Waals surface area contributed by atoms with Crippen LogP contribution in [0.4, 0.5) is 0 Å². The Morgan fingerprint density at radius 3 is 1.07 bits per heavy atom. The topological polar surface area (TPSA) is 52.6 Å². The molecule has 0 amide bonds. The van der Waals surface area contributed by atoms with Gasteiger partial charge >= 0.3 is 0 Å². The first-order valence-corrected chi connectivity index (χ1v) is 9.70. The maximum atomic E-state index is 12.7. The number of Topliss-reactive ketones (excluding diaryl/α,β-unsaturated/α-hetero) is 2. The average Bonchev–Trinajstić information content (AvgIpc) is 2.79. The first kappa shape index (κ1) is 20.7. The molecule has 1 aromatic carbocycles. The minimum atomic E-state index is -0.805. The second-order valence-electron chi connectivity index (χ2n) is 9.69. The van der Waals surface area contributed by atoms with Crippen molar-refractivity contribution in [3.8, 4) is 0 Å². The molecule has 2 heterocycles. The normalized spacial score (nSPS) is 27.7. The van der Waals surface area contributed by atoms with E-state index in [4.69, 9.17) is 9.47 Å². The van der Waals surface area contributed by atoms with Crippen LogP contribution in [-0.2, 0) is 19.1 Å². The molecule has 4 heteroatoms. The summed E-state index contributed by atoms with van der Waals surface area (Å²) in [6, 6.07) is 7.80. The van der Waals surface area contributed by atoms with Crippen LogP contribution < -0.4 is 0 Å². The van der Waals surface area contributed by atoms with E-state index in [0.717, 1.165) is 11.1 Å². The van der Waals surface area contributed by atoms with Gasteiger partial charge in [0.2, 0.25) is 0 Å². The molecule has 2 aliphatic rings. The number of ketones is 2. The van der Waals surface area contributed by atoms with Gasteiger partial charge in [0, 0.05) is 11.1 Å². The van der Waals surface area contributed by atoms with Crippen molar-refractivity contribution in [3.05, 3.63) is 46.5 Å². The van der Waals surface area contributed by atoms with Crippen molar-refractivity contribution >= 4 is 23.7 Å². The fraction of sp³-hybridized carbons (Fsp3) is 0.500. The molecule has 1 aromatic rings. The zero-order valence-corrected chi connectivity index (χ0v) is 18.1. The summed E-state index contributed by atoms with van der Waals surface area (Å²) in [5.41, 5.74) is 0.343. The number of carbonyl (C=O) groups excluding carboxylic acids is 2. The highest BCUT2D eigenvalue weighted by Gasteiger charge is 2.50. The van der Waals surface area contributed by atoms with E-state index in [1.807, 2.05) is 64.1 Å². The molecular formula is C24H30O4. The fourth-order valence-corrected chi connectivity index (χ4v) is 4.17. The smallest absolute Gasteiger partial charge is 0.192 e. The fourth-order valence-electron chi connectivity index (χ4n) is 4.17. The Morgan fingerprint density at radius 2 is 0.857 bits per heavy atom. The van der Waals surface area contributed by atoms with Gasteiger partial charge in [0.25, 0.3) is 0 Å². The molecule has 2 fully saturated rings. The van der Waals surface area contributed by atoms with E-state index in [2.05, 4.69) is 0 Å². The van der Waals surface area contributed by atoms with Gasteiger partial charge in [-0.2, -0.15) is 0 Å². The van der Waals surface area contributed by atoms with Crippen LogP contribution in [0.3, 0.4) is 0 Å². The highest BCUT2D eigenvalue weighted by Crippen LogP contribution is 2.41. The quantitative estimate of drug-likeness (QED) is 0.692. The molecule has 0 atom stereocenters. The van der Waals surface area contributed by atoms with Gasteiger partial charge in [0.1, 0.15) is 11.2 Å². The Morgan fingerprint density at radius 1 is 0.571 bits per heavy atom. The SMILES string of the molecule is CC1(C)OC(C)(C)C(=Cc2ccc(C=C3C(=O)C(C)(C)OC3(C)C)cc2)C1=O. The molecule has 0 saturated carbocycles. The van der Waals surface area contributed by atoms with Gasteiger partial charge in [0.05, 0.1) is 11.2 Å². The molecular weight excluding hydrogens is 352 g/mol. The van der Waals surface area contributed by atoms with Crippen LogP contribution in [0.2, 0.25) is 0 Å². The van der Waals surface area contributed by atoms with Gasteiger partial charge in [-0.1, -0.05) is 24.3 Å². The number of rotatable bonds is 2. The van der Waals surface area contributed by atoms with Gasteiger partial charge in [-0.3, -0.25) is 9.59 Å². The summed E-state index contributed by atoms with van der Waals surface area (Å²) in [6.07, 6.45) is 3.79. The Hall–Kier alpha value is -2.04. The van der Waals surface area contributed by atoms with Crippen LogP contribution in [0.5, 0.6) is 0 Å². The van der Waals surface area contributed by atoms with E-state index in [1.165, 1.54) is 0 Å². The van der Waals surface area contributed by atoms with Crippen LogP contribution in [0.25, 0.3) is 12.2 Å².